The highest BCUT2D eigenvalue weighted by molar-refractivity contribution is 7.99. The van der Waals surface area contributed by atoms with Gasteiger partial charge in [0.15, 0.2) is 0 Å². The predicted molar refractivity (Wildman–Crippen MR) is 95.6 cm³/mol. The summed E-state index contributed by atoms with van der Waals surface area (Å²) in [5.41, 5.74) is 0.401. The molecule has 4 nitrogen and oxygen atoms in total. The maximum atomic E-state index is 13.0. The Morgan fingerprint density at radius 2 is 1.81 bits per heavy atom. The van der Waals surface area contributed by atoms with E-state index in [-0.39, 0.29) is 17.7 Å². The topological polar surface area (TPSA) is 32.8 Å². The van der Waals surface area contributed by atoms with Gasteiger partial charge >= 0.3 is 6.36 Å². The molecule has 0 spiro atoms. The molecule has 1 amide bonds. The second kappa shape index (κ2) is 8.52. The van der Waals surface area contributed by atoms with Crippen LogP contribution in [0.4, 0.5) is 13.2 Å². The van der Waals surface area contributed by atoms with Crippen LogP contribution in [0, 0.1) is 0 Å². The van der Waals surface area contributed by atoms with Crippen LogP contribution in [-0.4, -0.2) is 65.8 Å². The summed E-state index contributed by atoms with van der Waals surface area (Å²) in [7, 11) is 0. The summed E-state index contributed by atoms with van der Waals surface area (Å²) in [5, 5.41) is 0. The molecule has 1 unspecified atom stereocenters. The van der Waals surface area contributed by atoms with E-state index in [0.717, 1.165) is 37.6 Å². The molecule has 0 radical (unpaired) electrons. The van der Waals surface area contributed by atoms with Gasteiger partial charge in [-0.1, -0.05) is 0 Å². The molecule has 0 aliphatic carbocycles. The van der Waals surface area contributed by atoms with E-state index in [4.69, 9.17) is 0 Å². The molecule has 0 aromatic heterocycles. The van der Waals surface area contributed by atoms with Crippen LogP contribution in [0.2, 0.25) is 0 Å². The minimum Gasteiger partial charge on any atom is -0.406 e. The largest absolute Gasteiger partial charge is 0.573 e. The van der Waals surface area contributed by atoms with Gasteiger partial charge in [-0.2, -0.15) is 11.8 Å². The van der Waals surface area contributed by atoms with E-state index in [9.17, 15) is 18.0 Å². The third kappa shape index (κ3) is 5.30. The quantitative estimate of drug-likeness (QED) is 0.789. The van der Waals surface area contributed by atoms with E-state index >= 15 is 0 Å². The van der Waals surface area contributed by atoms with Gasteiger partial charge in [0, 0.05) is 24.4 Å². The Hall–Kier alpha value is -1.41. The van der Waals surface area contributed by atoms with Gasteiger partial charge in [-0.15, -0.1) is 13.2 Å². The third-order valence-corrected chi connectivity index (χ3v) is 5.90. The predicted octanol–water partition coefficient (Wildman–Crippen LogP) is 3.63. The molecular weight excluding hydrogens is 365 g/mol. The van der Waals surface area contributed by atoms with Crippen LogP contribution in [0.25, 0.3) is 0 Å². The fourth-order valence-electron chi connectivity index (χ4n) is 3.48. The van der Waals surface area contributed by atoms with Gasteiger partial charge in [0.05, 0.1) is 6.04 Å². The molecule has 1 atom stereocenters. The molecule has 0 N–H and O–H groups in total. The zero-order chi connectivity index (χ0) is 18.6. The monoisotopic (exact) mass is 388 g/mol. The molecule has 2 heterocycles. The fourth-order valence-corrected chi connectivity index (χ4v) is 4.53. The van der Waals surface area contributed by atoms with Crippen molar-refractivity contribution in [2.45, 2.75) is 31.7 Å². The van der Waals surface area contributed by atoms with Crippen LogP contribution in [0.5, 0.6) is 5.75 Å². The highest BCUT2D eigenvalue weighted by atomic mass is 32.2. The lowest BCUT2D eigenvalue weighted by Crippen LogP contribution is -2.47. The summed E-state index contributed by atoms with van der Waals surface area (Å²) >= 11 is 1.87. The van der Waals surface area contributed by atoms with Crippen molar-refractivity contribution in [3.8, 4) is 5.75 Å². The Labute approximate surface area is 155 Å². The normalized spacial score (nSPS) is 22.3. The Kier molecular flexibility index (Phi) is 6.34. The summed E-state index contributed by atoms with van der Waals surface area (Å²) in [5.74, 6) is 1.50. The van der Waals surface area contributed by atoms with Crippen LogP contribution in [0.3, 0.4) is 0 Å². The first-order valence-corrected chi connectivity index (χ1v) is 10.0. The zero-order valence-electron chi connectivity index (χ0n) is 14.5. The Balaban J connectivity index is 1.70. The summed E-state index contributed by atoms with van der Waals surface area (Å²) < 4.78 is 40.7. The number of hydrogen-bond donors (Lipinski definition) is 0. The van der Waals surface area contributed by atoms with Gasteiger partial charge in [-0.3, -0.25) is 4.79 Å². The first-order chi connectivity index (χ1) is 12.4. The number of benzene rings is 1. The van der Waals surface area contributed by atoms with Crippen molar-refractivity contribution in [3.63, 3.8) is 0 Å². The van der Waals surface area contributed by atoms with Crippen molar-refractivity contribution in [3.05, 3.63) is 29.8 Å². The van der Waals surface area contributed by atoms with Crippen LogP contribution in [0.1, 0.15) is 29.6 Å². The first kappa shape index (κ1) is 19.4. The first-order valence-electron chi connectivity index (χ1n) is 8.89. The number of carbonyl (C=O) groups excluding carboxylic acids is 1. The number of amides is 1. The SMILES string of the molecule is O=C(c1ccc(OC(F)(F)F)cc1)N1CCCSCC1CN1CCCC1. The average molecular weight is 388 g/mol. The highest BCUT2D eigenvalue weighted by Crippen LogP contribution is 2.25. The van der Waals surface area contributed by atoms with E-state index in [2.05, 4.69) is 9.64 Å². The molecular formula is C18H23F3N2O2S. The molecule has 3 rings (SSSR count). The van der Waals surface area contributed by atoms with Crippen molar-refractivity contribution < 1.29 is 22.7 Å². The second-order valence-corrected chi connectivity index (χ2v) is 7.81. The molecule has 2 aliphatic rings. The number of rotatable bonds is 4. The minimum absolute atomic E-state index is 0.116. The zero-order valence-corrected chi connectivity index (χ0v) is 15.3. The van der Waals surface area contributed by atoms with Crippen molar-refractivity contribution in [1.29, 1.82) is 0 Å². The molecule has 1 aromatic rings. The van der Waals surface area contributed by atoms with E-state index in [1.165, 1.54) is 37.1 Å². The van der Waals surface area contributed by atoms with E-state index in [1.807, 2.05) is 16.7 Å². The van der Waals surface area contributed by atoms with Crippen LogP contribution < -0.4 is 4.74 Å². The second-order valence-electron chi connectivity index (χ2n) is 6.66. The molecule has 2 saturated heterocycles. The molecule has 2 fully saturated rings. The van der Waals surface area contributed by atoms with Gasteiger partial charge in [0.2, 0.25) is 0 Å². The standard InChI is InChI=1S/C18H23F3N2O2S/c19-18(20,21)25-16-6-4-14(5-7-16)17(24)23-10-3-11-26-13-15(23)12-22-8-1-2-9-22/h4-7,15H,1-3,8-13H2. The number of alkyl halides is 3. The fraction of sp³-hybridized carbons (Fsp3) is 0.611. The Morgan fingerprint density at radius 1 is 1.12 bits per heavy atom. The summed E-state index contributed by atoms with van der Waals surface area (Å²) in [4.78, 5) is 17.3. The number of ether oxygens (including phenoxy) is 1. The molecule has 1 aromatic carbocycles. The lowest BCUT2D eigenvalue weighted by atomic mass is 10.1. The smallest absolute Gasteiger partial charge is 0.406 e. The highest BCUT2D eigenvalue weighted by Gasteiger charge is 2.32. The molecule has 0 saturated carbocycles. The van der Waals surface area contributed by atoms with Gasteiger partial charge in [0.1, 0.15) is 5.75 Å². The van der Waals surface area contributed by atoms with Gasteiger partial charge in [-0.25, -0.2) is 0 Å². The van der Waals surface area contributed by atoms with Crippen molar-refractivity contribution in [1.82, 2.24) is 9.80 Å². The number of halogens is 3. The average Bonchev–Trinajstić information content (AvgIpc) is 2.98. The maximum absolute atomic E-state index is 13.0. The number of carbonyl (C=O) groups is 1. The summed E-state index contributed by atoms with van der Waals surface area (Å²) in [6.45, 7) is 3.71. The van der Waals surface area contributed by atoms with Gasteiger partial charge in [0.25, 0.3) is 5.91 Å². The van der Waals surface area contributed by atoms with E-state index in [0.29, 0.717) is 12.1 Å². The molecule has 8 heteroatoms. The molecule has 144 valence electrons. The maximum Gasteiger partial charge on any atom is 0.573 e. The van der Waals surface area contributed by atoms with Gasteiger partial charge < -0.3 is 14.5 Å². The molecule has 26 heavy (non-hydrogen) atoms. The van der Waals surface area contributed by atoms with Gasteiger partial charge in [-0.05, 0) is 62.4 Å². The van der Waals surface area contributed by atoms with Crippen molar-refractivity contribution in [2.75, 3.05) is 37.7 Å². The number of nitrogens with zero attached hydrogens (tertiary/aromatic N) is 2. The van der Waals surface area contributed by atoms with Crippen molar-refractivity contribution >= 4 is 17.7 Å². The number of likely N-dealkylation sites (tertiary alicyclic amines) is 1. The van der Waals surface area contributed by atoms with Crippen LogP contribution in [-0.2, 0) is 0 Å². The Bertz CT molecular complexity index is 603. The minimum atomic E-state index is -4.73. The van der Waals surface area contributed by atoms with Crippen molar-refractivity contribution in [2.24, 2.45) is 0 Å². The molecule has 0 bridgehead atoms. The lowest BCUT2D eigenvalue weighted by Gasteiger charge is -2.32. The Morgan fingerprint density at radius 3 is 2.46 bits per heavy atom. The summed E-state index contributed by atoms with van der Waals surface area (Å²) in [6.07, 6.45) is -1.39. The summed E-state index contributed by atoms with van der Waals surface area (Å²) in [6, 6.07) is 5.35. The number of hydrogen-bond acceptors (Lipinski definition) is 4. The van der Waals surface area contributed by atoms with E-state index in [1.54, 1.807) is 0 Å². The third-order valence-electron chi connectivity index (χ3n) is 4.70. The van der Waals surface area contributed by atoms with E-state index < -0.39 is 6.36 Å². The lowest BCUT2D eigenvalue weighted by molar-refractivity contribution is -0.274. The molecule has 2 aliphatic heterocycles. The van der Waals surface area contributed by atoms with Crippen LogP contribution in [0.15, 0.2) is 24.3 Å². The van der Waals surface area contributed by atoms with Crippen LogP contribution >= 0.6 is 11.8 Å². The number of thioether (sulfide) groups is 1.